The number of benzene rings is 2. The molecule has 1 aliphatic rings. The van der Waals surface area contributed by atoms with Gasteiger partial charge in [0.2, 0.25) is 0 Å². The van der Waals surface area contributed by atoms with Crippen LogP contribution in [-0.2, 0) is 6.42 Å². The highest BCUT2D eigenvalue weighted by Gasteiger charge is 2.16. The quantitative estimate of drug-likeness (QED) is 0.867. The number of para-hydroxylation sites is 2. The fraction of sp³-hybridized carbons (Fsp3) is 0.294. The Kier molecular flexibility index (Phi) is 3.41. The molecule has 0 amide bonds. The zero-order valence-corrected chi connectivity index (χ0v) is 11.3. The summed E-state index contributed by atoms with van der Waals surface area (Å²) >= 11 is 0. The zero-order chi connectivity index (χ0) is 13.1. The van der Waals surface area contributed by atoms with Gasteiger partial charge < -0.3 is 10.6 Å². The summed E-state index contributed by atoms with van der Waals surface area (Å²) in [6.45, 7) is 3.19. The largest absolute Gasteiger partial charge is 0.381 e. The van der Waals surface area contributed by atoms with E-state index in [9.17, 15) is 0 Å². The maximum absolute atomic E-state index is 3.62. The standard InChI is InChI=1S/C17H20N2/c1-13-6-2-3-7-14(13)10-11-15-12-18-16-8-4-5-9-17(16)19-15/h2-9,15,18-19H,10-12H2,1H3/t15-/m0/s1. The summed E-state index contributed by atoms with van der Waals surface area (Å²) < 4.78 is 0. The van der Waals surface area contributed by atoms with E-state index in [4.69, 9.17) is 0 Å². The molecule has 0 saturated carbocycles. The summed E-state index contributed by atoms with van der Waals surface area (Å²) in [7, 11) is 0. The van der Waals surface area contributed by atoms with Gasteiger partial charge in [-0.1, -0.05) is 36.4 Å². The SMILES string of the molecule is Cc1ccccc1CC[C@H]1CNc2ccccc2N1. The van der Waals surface area contributed by atoms with Gasteiger partial charge in [-0.3, -0.25) is 0 Å². The van der Waals surface area contributed by atoms with E-state index in [1.54, 1.807) is 0 Å². The third-order valence-corrected chi connectivity index (χ3v) is 3.85. The van der Waals surface area contributed by atoms with Crippen LogP contribution in [0.25, 0.3) is 0 Å². The molecule has 2 nitrogen and oxygen atoms in total. The lowest BCUT2D eigenvalue weighted by molar-refractivity contribution is 0.667. The fourth-order valence-electron chi connectivity index (χ4n) is 2.66. The van der Waals surface area contributed by atoms with Crippen LogP contribution in [-0.4, -0.2) is 12.6 Å². The zero-order valence-electron chi connectivity index (χ0n) is 11.3. The molecule has 0 fully saturated rings. The molecule has 0 saturated heterocycles. The van der Waals surface area contributed by atoms with Crippen molar-refractivity contribution < 1.29 is 0 Å². The highest BCUT2D eigenvalue weighted by molar-refractivity contribution is 5.70. The first-order valence-electron chi connectivity index (χ1n) is 6.97. The van der Waals surface area contributed by atoms with Crippen molar-refractivity contribution >= 4 is 11.4 Å². The molecule has 2 heteroatoms. The Hall–Kier alpha value is -1.96. The molecule has 2 aromatic rings. The van der Waals surface area contributed by atoms with Crippen LogP contribution in [0.4, 0.5) is 11.4 Å². The summed E-state index contributed by atoms with van der Waals surface area (Å²) in [5, 5.41) is 7.13. The Morgan fingerprint density at radius 1 is 1.00 bits per heavy atom. The first kappa shape index (κ1) is 12.1. The fourth-order valence-corrected chi connectivity index (χ4v) is 2.66. The van der Waals surface area contributed by atoms with Gasteiger partial charge in [-0.2, -0.15) is 0 Å². The van der Waals surface area contributed by atoms with Crippen LogP contribution in [0.2, 0.25) is 0 Å². The van der Waals surface area contributed by atoms with Crippen molar-refractivity contribution in [2.45, 2.75) is 25.8 Å². The number of hydrogen-bond acceptors (Lipinski definition) is 2. The first-order valence-corrected chi connectivity index (χ1v) is 6.97. The van der Waals surface area contributed by atoms with Crippen molar-refractivity contribution in [1.82, 2.24) is 0 Å². The molecule has 19 heavy (non-hydrogen) atoms. The Labute approximate surface area is 114 Å². The Bertz CT molecular complexity index is 563. The van der Waals surface area contributed by atoms with Gasteiger partial charge in [-0.15, -0.1) is 0 Å². The number of hydrogen-bond donors (Lipinski definition) is 2. The normalized spacial score (nSPS) is 17.2. The van der Waals surface area contributed by atoms with Crippen molar-refractivity contribution in [2.24, 2.45) is 0 Å². The second-order valence-corrected chi connectivity index (χ2v) is 5.23. The third kappa shape index (κ3) is 2.73. The molecule has 0 aliphatic carbocycles. The highest BCUT2D eigenvalue weighted by Crippen LogP contribution is 2.26. The van der Waals surface area contributed by atoms with Crippen LogP contribution < -0.4 is 10.6 Å². The highest BCUT2D eigenvalue weighted by atomic mass is 15.1. The minimum Gasteiger partial charge on any atom is -0.381 e. The number of rotatable bonds is 3. The summed E-state index contributed by atoms with van der Waals surface area (Å²) in [6, 6.07) is 17.6. The molecule has 2 aromatic carbocycles. The average molecular weight is 252 g/mol. The van der Waals surface area contributed by atoms with Gasteiger partial charge in [-0.25, -0.2) is 0 Å². The van der Waals surface area contributed by atoms with Crippen LogP contribution in [0.5, 0.6) is 0 Å². The summed E-state index contributed by atoms with van der Waals surface area (Å²) in [5.41, 5.74) is 5.30. The van der Waals surface area contributed by atoms with Crippen LogP contribution in [0.1, 0.15) is 17.5 Å². The Balaban J connectivity index is 1.62. The molecule has 1 atom stereocenters. The van der Waals surface area contributed by atoms with Gasteiger partial charge in [0.05, 0.1) is 11.4 Å². The van der Waals surface area contributed by atoms with E-state index < -0.39 is 0 Å². The molecule has 0 spiro atoms. The van der Waals surface area contributed by atoms with Gasteiger partial charge in [0.1, 0.15) is 0 Å². The summed E-state index contributed by atoms with van der Waals surface area (Å²) in [4.78, 5) is 0. The monoisotopic (exact) mass is 252 g/mol. The van der Waals surface area contributed by atoms with Crippen molar-refractivity contribution in [1.29, 1.82) is 0 Å². The molecular formula is C17H20N2. The van der Waals surface area contributed by atoms with Crippen molar-refractivity contribution in [3.05, 3.63) is 59.7 Å². The van der Waals surface area contributed by atoms with Gasteiger partial charge in [0.25, 0.3) is 0 Å². The van der Waals surface area contributed by atoms with Crippen molar-refractivity contribution in [3.63, 3.8) is 0 Å². The van der Waals surface area contributed by atoms with E-state index in [0.29, 0.717) is 6.04 Å². The van der Waals surface area contributed by atoms with Gasteiger partial charge in [-0.05, 0) is 43.0 Å². The predicted molar refractivity (Wildman–Crippen MR) is 81.8 cm³/mol. The maximum Gasteiger partial charge on any atom is 0.0578 e. The topological polar surface area (TPSA) is 24.1 Å². The minimum absolute atomic E-state index is 0.509. The Morgan fingerprint density at radius 3 is 2.58 bits per heavy atom. The number of anilines is 2. The smallest absolute Gasteiger partial charge is 0.0578 e. The maximum atomic E-state index is 3.62. The van der Waals surface area contributed by atoms with E-state index in [0.717, 1.165) is 19.4 Å². The average Bonchev–Trinajstić information content (AvgIpc) is 2.46. The lowest BCUT2D eigenvalue weighted by atomic mass is 10.00. The third-order valence-electron chi connectivity index (χ3n) is 3.85. The molecule has 0 radical (unpaired) electrons. The lowest BCUT2D eigenvalue weighted by Crippen LogP contribution is -2.33. The summed E-state index contributed by atoms with van der Waals surface area (Å²) in [5.74, 6) is 0. The van der Waals surface area contributed by atoms with Gasteiger partial charge >= 0.3 is 0 Å². The van der Waals surface area contributed by atoms with Crippen LogP contribution in [0.3, 0.4) is 0 Å². The molecular weight excluding hydrogens is 232 g/mol. The lowest BCUT2D eigenvalue weighted by Gasteiger charge is -2.28. The Morgan fingerprint density at radius 2 is 1.74 bits per heavy atom. The summed E-state index contributed by atoms with van der Waals surface area (Å²) in [6.07, 6.45) is 2.29. The van der Waals surface area contributed by atoms with E-state index in [2.05, 4.69) is 66.1 Å². The van der Waals surface area contributed by atoms with Crippen LogP contribution >= 0.6 is 0 Å². The molecule has 0 unspecified atom stereocenters. The van der Waals surface area contributed by atoms with E-state index in [1.807, 2.05) is 0 Å². The molecule has 1 aliphatic heterocycles. The first-order chi connectivity index (χ1) is 9.33. The molecule has 3 rings (SSSR count). The minimum atomic E-state index is 0.509. The molecule has 2 N–H and O–H groups in total. The molecule has 0 bridgehead atoms. The van der Waals surface area contributed by atoms with Gasteiger partial charge in [0.15, 0.2) is 0 Å². The second kappa shape index (κ2) is 5.35. The van der Waals surface area contributed by atoms with Crippen molar-refractivity contribution in [3.8, 4) is 0 Å². The molecule has 98 valence electrons. The van der Waals surface area contributed by atoms with Gasteiger partial charge in [0, 0.05) is 12.6 Å². The van der Waals surface area contributed by atoms with Crippen LogP contribution in [0, 0.1) is 6.92 Å². The molecule has 1 heterocycles. The number of nitrogens with one attached hydrogen (secondary N) is 2. The van der Waals surface area contributed by atoms with E-state index in [-0.39, 0.29) is 0 Å². The second-order valence-electron chi connectivity index (χ2n) is 5.23. The van der Waals surface area contributed by atoms with E-state index in [1.165, 1.54) is 22.5 Å². The number of fused-ring (bicyclic) bond motifs is 1. The van der Waals surface area contributed by atoms with E-state index >= 15 is 0 Å². The molecule has 0 aromatic heterocycles. The van der Waals surface area contributed by atoms with Crippen molar-refractivity contribution in [2.75, 3.05) is 17.2 Å². The predicted octanol–water partition coefficient (Wildman–Crippen LogP) is 3.83. The van der Waals surface area contributed by atoms with Crippen LogP contribution in [0.15, 0.2) is 48.5 Å². The number of aryl methyl sites for hydroxylation is 2.